The van der Waals surface area contributed by atoms with Gasteiger partial charge in [-0.2, -0.15) is 0 Å². The Morgan fingerprint density at radius 1 is 0.962 bits per heavy atom. The van der Waals surface area contributed by atoms with Crippen LogP contribution in [0.1, 0.15) is 80.8 Å². The number of benzene rings is 1. The number of nitrogens with zero attached hydrogens (tertiary/aromatic N) is 1. The van der Waals surface area contributed by atoms with Crippen LogP contribution in [-0.4, -0.2) is 10.8 Å². The Bertz CT molecular complexity index is 644. The highest BCUT2D eigenvalue weighted by Crippen LogP contribution is 2.24. The van der Waals surface area contributed by atoms with Crippen LogP contribution in [0.25, 0.3) is 0 Å². The van der Waals surface area contributed by atoms with Crippen LogP contribution in [0.5, 0.6) is 0 Å². The summed E-state index contributed by atoms with van der Waals surface area (Å²) in [5.41, 5.74) is 6.25. The summed E-state index contributed by atoms with van der Waals surface area (Å²) in [7, 11) is 0. The summed E-state index contributed by atoms with van der Waals surface area (Å²) in [6.07, 6.45) is 4.29. The first-order chi connectivity index (χ1) is 12.4. The summed E-state index contributed by atoms with van der Waals surface area (Å²) < 4.78 is 0. The molecular formula is C24H37NO. The molecule has 0 radical (unpaired) electrons. The molecule has 1 atom stereocenters. The summed E-state index contributed by atoms with van der Waals surface area (Å²) in [6, 6.07) is 10.6. The summed E-state index contributed by atoms with van der Waals surface area (Å²) >= 11 is 0. The maximum atomic E-state index is 11.4. The Hall–Kier alpha value is -1.96. The lowest BCUT2D eigenvalue weighted by atomic mass is 9.90. The highest BCUT2D eigenvalue weighted by molar-refractivity contribution is 5.78. The second-order valence-corrected chi connectivity index (χ2v) is 6.52. The molecule has 26 heavy (non-hydrogen) atoms. The van der Waals surface area contributed by atoms with Crippen molar-refractivity contribution in [3.8, 4) is 0 Å². The van der Waals surface area contributed by atoms with Crippen LogP contribution in [0.15, 0.2) is 36.5 Å². The van der Waals surface area contributed by atoms with E-state index in [1.807, 2.05) is 33.9 Å². The standard InChI is InChI=1S/C14H20O.C8H11N.C2H6/c1-4-12(10-14(15)5-2)13-8-6-11(3)7-9-13;1-6-4-8(3)9-5-7(6)2;1-2/h6-9,12H,4-5,10H2,1-3H3;4-5H,1-3H3;1-2H3. The molecule has 0 amide bonds. The number of carbonyl (C=O) groups is 1. The van der Waals surface area contributed by atoms with Gasteiger partial charge >= 0.3 is 0 Å². The smallest absolute Gasteiger partial charge is 0.133 e. The number of ketones is 1. The van der Waals surface area contributed by atoms with E-state index in [0.717, 1.165) is 12.1 Å². The third-order valence-corrected chi connectivity index (χ3v) is 4.42. The first-order valence-corrected chi connectivity index (χ1v) is 9.85. The Morgan fingerprint density at radius 3 is 1.96 bits per heavy atom. The molecule has 0 bridgehead atoms. The van der Waals surface area contributed by atoms with Crippen LogP contribution < -0.4 is 0 Å². The lowest BCUT2D eigenvalue weighted by Crippen LogP contribution is -2.05. The van der Waals surface area contributed by atoms with E-state index in [1.54, 1.807) is 0 Å². The van der Waals surface area contributed by atoms with Crippen LogP contribution in [0, 0.1) is 27.7 Å². The van der Waals surface area contributed by atoms with Gasteiger partial charge in [-0.3, -0.25) is 9.78 Å². The van der Waals surface area contributed by atoms with Gasteiger partial charge in [-0.1, -0.05) is 57.5 Å². The Labute approximate surface area is 161 Å². The molecule has 0 aliphatic rings. The first-order valence-electron chi connectivity index (χ1n) is 9.85. The zero-order valence-electron chi connectivity index (χ0n) is 18.0. The molecule has 0 aliphatic carbocycles. The molecule has 0 N–H and O–H groups in total. The molecule has 2 nitrogen and oxygen atoms in total. The molecule has 144 valence electrons. The summed E-state index contributed by atoms with van der Waals surface area (Å²) in [4.78, 5) is 15.6. The number of carbonyl (C=O) groups excluding carboxylic acids is 1. The van der Waals surface area contributed by atoms with E-state index < -0.39 is 0 Å². The molecule has 1 heterocycles. The number of pyridine rings is 1. The normalized spacial score (nSPS) is 10.8. The fraction of sp³-hybridized carbons (Fsp3) is 0.500. The molecule has 0 saturated carbocycles. The third-order valence-electron chi connectivity index (χ3n) is 4.42. The molecule has 2 heteroatoms. The predicted octanol–water partition coefficient (Wildman–Crippen LogP) is 6.89. The minimum absolute atomic E-state index is 0.363. The number of Topliss-reactive ketones (excluding diaryl/α,β-unsaturated/α-hetero) is 1. The van der Waals surface area contributed by atoms with Gasteiger partial charge in [-0.15, -0.1) is 0 Å². The largest absolute Gasteiger partial charge is 0.300 e. The average molecular weight is 356 g/mol. The monoisotopic (exact) mass is 355 g/mol. The van der Waals surface area contributed by atoms with Gasteiger partial charge in [-0.25, -0.2) is 0 Å². The Kier molecular flexibility index (Phi) is 12.3. The van der Waals surface area contributed by atoms with Crippen molar-refractivity contribution in [2.24, 2.45) is 0 Å². The fourth-order valence-electron chi connectivity index (χ4n) is 2.52. The van der Waals surface area contributed by atoms with Crippen molar-refractivity contribution in [2.75, 3.05) is 0 Å². The van der Waals surface area contributed by atoms with Crippen LogP contribution >= 0.6 is 0 Å². The van der Waals surface area contributed by atoms with Crippen LogP contribution in [0.2, 0.25) is 0 Å². The molecular weight excluding hydrogens is 318 g/mol. The summed E-state index contributed by atoms with van der Waals surface area (Å²) in [5.74, 6) is 0.764. The summed E-state index contributed by atoms with van der Waals surface area (Å²) in [6.45, 7) is 16.3. The van der Waals surface area contributed by atoms with Crippen molar-refractivity contribution < 1.29 is 4.79 Å². The van der Waals surface area contributed by atoms with Gasteiger partial charge < -0.3 is 0 Å². The fourth-order valence-corrected chi connectivity index (χ4v) is 2.52. The highest BCUT2D eigenvalue weighted by atomic mass is 16.1. The van der Waals surface area contributed by atoms with Gasteiger partial charge in [0.25, 0.3) is 0 Å². The lowest BCUT2D eigenvalue weighted by molar-refractivity contribution is -0.119. The van der Waals surface area contributed by atoms with Crippen molar-refractivity contribution >= 4 is 5.78 Å². The van der Waals surface area contributed by atoms with E-state index in [9.17, 15) is 4.79 Å². The molecule has 0 fully saturated rings. The molecule has 0 spiro atoms. The van der Waals surface area contributed by atoms with Crippen molar-refractivity contribution in [2.45, 2.75) is 80.6 Å². The van der Waals surface area contributed by atoms with E-state index in [2.05, 4.69) is 63.0 Å². The molecule has 0 aliphatic heterocycles. The Balaban J connectivity index is 0.000000484. The van der Waals surface area contributed by atoms with Crippen molar-refractivity contribution in [1.82, 2.24) is 4.98 Å². The second-order valence-electron chi connectivity index (χ2n) is 6.52. The number of aromatic nitrogens is 1. The van der Waals surface area contributed by atoms with Gasteiger partial charge in [0.2, 0.25) is 0 Å². The van der Waals surface area contributed by atoms with Crippen molar-refractivity contribution in [3.63, 3.8) is 0 Å². The minimum Gasteiger partial charge on any atom is -0.300 e. The highest BCUT2D eigenvalue weighted by Gasteiger charge is 2.12. The van der Waals surface area contributed by atoms with Gasteiger partial charge in [0.05, 0.1) is 0 Å². The maximum Gasteiger partial charge on any atom is 0.133 e. The second kappa shape index (κ2) is 13.3. The topological polar surface area (TPSA) is 30.0 Å². The van der Waals surface area contributed by atoms with E-state index >= 15 is 0 Å². The predicted molar refractivity (Wildman–Crippen MR) is 114 cm³/mol. The minimum atomic E-state index is 0.363. The maximum absolute atomic E-state index is 11.4. The van der Waals surface area contributed by atoms with E-state index in [4.69, 9.17) is 0 Å². The van der Waals surface area contributed by atoms with E-state index in [0.29, 0.717) is 24.5 Å². The summed E-state index contributed by atoms with van der Waals surface area (Å²) in [5, 5.41) is 0. The van der Waals surface area contributed by atoms with Gasteiger partial charge in [0.1, 0.15) is 5.78 Å². The third kappa shape index (κ3) is 8.94. The zero-order valence-corrected chi connectivity index (χ0v) is 18.0. The number of hydrogen-bond acceptors (Lipinski definition) is 2. The van der Waals surface area contributed by atoms with Crippen LogP contribution in [-0.2, 0) is 4.79 Å². The number of rotatable bonds is 5. The molecule has 2 aromatic rings. The van der Waals surface area contributed by atoms with Crippen LogP contribution in [0.4, 0.5) is 0 Å². The lowest BCUT2D eigenvalue weighted by Gasteiger charge is -2.14. The van der Waals surface area contributed by atoms with Crippen molar-refractivity contribution in [1.29, 1.82) is 0 Å². The molecule has 1 aromatic carbocycles. The SMILES string of the molecule is CC.CCC(=O)CC(CC)c1ccc(C)cc1.Cc1cc(C)c(C)cn1. The first kappa shape index (κ1) is 24.0. The van der Waals surface area contributed by atoms with Gasteiger partial charge in [-0.05, 0) is 62.8 Å². The van der Waals surface area contributed by atoms with E-state index in [-0.39, 0.29) is 0 Å². The number of hydrogen-bond donors (Lipinski definition) is 0. The van der Waals surface area contributed by atoms with Gasteiger partial charge in [0.15, 0.2) is 0 Å². The quantitative estimate of drug-likeness (QED) is 0.584. The number of aryl methyl sites for hydroxylation is 4. The molecule has 2 rings (SSSR count). The Morgan fingerprint density at radius 2 is 1.54 bits per heavy atom. The van der Waals surface area contributed by atoms with E-state index in [1.165, 1.54) is 22.3 Å². The molecule has 1 unspecified atom stereocenters. The molecule has 0 saturated heterocycles. The zero-order chi connectivity index (χ0) is 20.1. The molecule has 1 aromatic heterocycles. The average Bonchev–Trinajstić information content (AvgIpc) is 2.66. The van der Waals surface area contributed by atoms with Gasteiger partial charge in [0, 0.05) is 24.7 Å². The van der Waals surface area contributed by atoms with Crippen molar-refractivity contribution in [3.05, 3.63) is 64.5 Å². The van der Waals surface area contributed by atoms with Crippen LogP contribution in [0.3, 0.4) is 0 Å².